The van der Waals surface area contributed by atoms with Gasteiger partial charge in [0.1, 0.15) is 5.02 Å². The van der Waals surface area contributed by atoms with Gasteiger partial charge in [0.2, 0.25) is 5.95 Å². The molecule has 2 N–H and O–H groups in total. The van der Waals surface area contributed by atoms with Crippen LogP contribution in [0.3, 0.4) is 0 Å². The normalized spacial score (nSPS) is 23.2. The molecule has 0 spiro atoms. The van der Waals surface area contributed by atoms with Crippen molar-refractivity contribution in [3.05, 3.63) is 11.2 Å². The van der Waals surface area contributed by atoms with Gasteiger partial charge in [0.05, 0.1) is 12.3 Å². The molecule has 0 saturated carbocycles. The Morgan fingerprint density at radius 1 is 1.58 bits per heavy atom. The Morgan fingerprint density at radius 3 is 2.95 bits per heavy atom. The lowest BCUT2D eigenvalue weighted by Crippen LogP contribution is -2.38. The van der Waals surface area contributed by atoms with Gasteiger partial charge in [-0.2, -0.15) is 4.98 Å². The van der Waals surface area contributed by atoms with Crippen molar-refractivity contribution in [3.8, 4) is 0 Å². The van der Waals surface area contributed by atoms with Crippen molar-refractivity contribution in [1.82, 2.24) is 14.9 Å². The molecule has 0 bridgehead atoms. The molecular formula is C12H20ClN5O. The molecule has 1 aliphatic rings. The molecule has 19 heavy (non-hydrogen) atoms. The highest BCUT2D eigenvalue weighted by Crippen LogP contribution is 2.30. The van der Waals surface area contributed by atoms with Crippen molar-refractivity contribution >= 4 is 23.4 Å². The van der Waals surface area contributed by atoms with Crippen molar-refractivity contribution < 1.29 is 5.11 Å². The van der Waals surface area contributed by atoms with Crippen molar-refractivity contribution in [2.24, 2.45) is 0 Å². The van der Waals surface area contributed by atoms with Gasteiger partial charge in [-0.15, -0.1) is 0 Å². The van der Waals surface area contributed by atoms with Crippen LogP contribution in [0.1, 0.15) is 6.42 Å². The summed E-state index contributed by atoms with van der Waals surface area (Å²) in [6.07, 6.45) is 1.98. The largest absolute Gasteiger partial charge is 0.391 e. The highest BCUT2D eigenvalue weighted by atomic mass is 35.5. The molecular weight excluding hydrogens is 266 g/mol. The fourth-order valence-electron chi connectivity index (χ4n) is 2.43. The lowest BCUT2D eigenvalue weighted by atomic mass is 10.2. The van der Waals surface area contributed by atoms with E-state index in [0.717, 1.165) is 13.0 Å². The van der Waals surface area contributed by atoms with Crippen LogP contribution in [-0.4, -0.2) is 66.4 Å². The zero-order valence-electron chi connectivity index (χ0n) is 11.5. The van der Waals surface area contributed by atoms with Crippen LogP contribution in [0.5, 0.6) is 0 Å². The van der Waals surface area contributed by atoms with Gasteiger partial charge in [-0.05, 0) is 20.5 Å². The molecule has 6 nitrogen and oxygen atoms in total. The Labute approximate surface area is 118 Å². The lowest BCUT2D eigenvalue weighted by molar-refractivity contribution is 0.191. The summed E-state index contributed by atoms with van der Waals surface area (Å²) >= 11 is 6.19. The van der Waals surface area contributed by atoms with Gasteiger partial charge in [0.15, 0.2) is 5.82 Å². The molecule has 1 aromatic heterocycles. The second-order valence-corrected chi connectivity index (χ2v) is 5.48. The smallest absolute Gasteiger partial charge is 0.224 e. The van der Waals surface area contributed by atoms with Crippen molar-refractivity contribution in [3.63, 3.8) is 0 Å². The highest BCUT2D eigenvalue weighted by Gasteiger charge is 2.33. The Hall–Kier alpha value is -1.11. The van der Waals surface area contributed by atoms with E-state index in [1.807, 2.05) is 14.1 Å². The predicted octanol–water partition coefficient (Wildman–Crippen LogP) is 0.673. The second-order valence-electron chi connectivity index (χ2n) is 5.07. The zero-order chi connectivity index (χ0) is 14.0. The van der Waals surface area contributed by atoms with E-state index in [0.29, 0.717) is 23.3 Å². The third kappa shape index (κ3) is 3.26. The number of likely N-dealkylation sites (N-methyl/N-ethyl adjacent to an activating group) is 1. The topological polar surface area (TPSA) is 64.5 Å². The van der Waals surface area contributed by atoms with E-state index in [9.17, 15) is 5.11 Å². The van der Waals surface area contributed by atoms with Crippen molar-refractivity contribution in [2.75, 3.05) is 44.4 Å². The summed E-state index contributed by atoms with van der Waals surface area (Å²) in [6, 6.07) is 0.210. The van der Waals surface area contributed by atoms with E-state index in [2.05, 4.69) is 25.1 Å². The Morgan fingerprint density at radius 2 is 2.32 bits per heavy atom. The number of anilines is 2. The second kappa shape index (κ2) is 5.90. The summed E-state index contributed by atoms with van der Waals surface area (Å²) in [6.45, 7) is 1.41. The minimum absolute atomic E-state index is 0.210. The highest BCUT2D eigenvalue weighted by molar-refractivity contribution is 6.32. The number of aliphatic hydroxyl groups is 1. The quantitative estimate of drug-likeness (QED) is 0.848. The molecule has 1 fully saturated rings. The molecule has 1 aromatic rings. The number of nitrogens with zero attached hydrogens (tertiary/aromatic N) is 4. The molecule has 0 aromatic carbocycles. The number of aromatic nitrogens is 2. The minimum atomic E-state index is -0.339. The van der Waals surface area contributed by atoms with Gasteiger partial charge in [0, 0.05) is 26.2 Å². The zero-order valence-corrected chi connectivity index (χ0v) is 12.2. The third-order valence-corrected chi connectivity index (χ3v) is 3.46. The monoisotopic (exact) mass is 285 g/mol. The number of rotatable bonds is 4. The van der Waals surface area contributed by atoms with E-state index < -0.39 is 0 Å². The summed E-state index contributed by atoms with van der Waals surface area (Å²) in [5.74, 6) is 1.22. The SMILES string of the molecule is CNc1ncc(Cl)c(N2CC(O)CC2CN(C)C)n1. The average Bonchev–Trinajstić information content (AvgIpc) is 2.70. The number of β-amino-alcohol motifs (C(OH)–C–C–N with tert-alkyl or cyclic N) is 1. The molecule has 106 valence electrons. The van der Waals surface area contributed by atoms with Gasteiger partial charge in [-0.25, -0.2) is 4.98 Å². The van der Waals surface area contributed by atoms with Crippen LogP contribution in [0, 0.1) is 0 Å². The predicted molar refractivity (Wildman–Crippen MR) is 76.9 cm³/mol. The molecule has 1 aliphatic heterocycles. The van der Waals surface area contributed by atoms with Crippen LogP contribution in [0.25, 0.3) is 0 Å². The number of halogens is 1. The van der Waals surface area contributed by atoms with E-state index in [4.69, 9.17) is 11.6 Å². The van der Waals surface area contributed by atoms with E-state index >= 15 is 0 Å². The van der Waals surface area contributed by atoms with Gasteiger partial charge in [-0.3, -0.25) is 0 Å². The number of aliphatic hydroxyl groups excluding tert-OH is 1. The van der Waals surface area contributed by atoms with Crippen LogP contribution in [0.15, 0.2) is 6.20 Å². The first-order chi connectivity index (χ1) is 9.01. The molecule has 1 saturated heterocycles. The van der Waals surface area contributed by atoms with Crippen LogP contribution < -0.4 is 10.2 Å². The summed E-state index contributed by atoms with van der Waals surface area (Å²) in [4.78, 5) is 12.7. The summed E-state index contributed by atoms with van der Waals surface area (Å²) in [5, 5.41) is 13.3. The standard InChI is InChI=1S/C12H20ClN5O/c1-14-12-15-5-10(13)11(16-12)18-7-9(19)4-8(18)6-17(2)3/h5,8-9,19H,4,6-7H2,1-3H3,(H,14,15,16). The molecule has 2 rings (SSSR count). The lowest BCUT2D eigenvalue weighted by Gasteiger charge is -2.28. The van der Waals surface area contributed by atoms with Gasteiger partial charge >= 0.3 is 0 Å². The van der Waals surface area contributed by atoms with Crippen LogP contribution in [0.4, 0.5) is 11.8 Å². The number of hydrogen-bond donors (Lipinski definition) is 2. The average molecular weight is 286 g/mol. The Kier molecular flexibility index (Phi) is 4.44. The van der Waals surface area contributed by atoms with Crippen LogP contribution in [0.2, 0.25) is 5.02 Å². The van der Waals surface area contributed by atoms with Gasteiger partial charge in [-0.1, -0.05) is 11.6 Å². The maximum Gasteiger partial charge on any atom is 0.224 e. The minimum Gasteiger partial charge on any atom is -0.391 e. The van der Waals surface area contributed by atoms with E-state index in [1.54, 1.807) is 13.2 Å². The third-order valence-electron chi connectivity index (χ3n) is 3.19. The molecule has 7 heteroatoms. The molecule has 2 atom stereocenters. The molecule has 2 unspecified atom stereocenters. The maximum atomic E-state index is 9.90. The summed E-state index contributed by atoms with van der Waals surface area (Å²) < 4.78 is 0. The fraction of sp³-hybridized carbons (Fsp3) is 0.667. The fourth-order valence-corrected chi connectivity index (χ4v) is 2.63. The maximum absolute atomic E-state index is 9.90. The molecule has 0 amide bonds. The summed E-state index contributed by atoms with van der Waals surface area (Å²) in [7, 11) is 5.80. The van der Waals surface area contributed by atoms with Crippen LogP contribution in [-0.2, 0) is 0 Å². The number of hydrogen-bond acceptors (Lipinski definition) is 6. The number of nitrogens with one attached hydrogen (secondary N) is 1. The van der Waals surface area contributed by atoms with Crippen molar-refractivity contribution in [1.29, 1.82) is 0 Å². The molecule has 0 aliphatic carbocycles. The Bertz CT molecular complexity index is 442. The first kappa shape index (κ1) is 14.3. The van der Waals surface area contributed by atoms with Gasteiger partial charge < -0.3 is 20.2 Å². The first-order valence-electron chi connectivity index (χ1n) is 6.31. The van der Waals surface area contributed by atoms with Crippen molar-refractivity contribution in [2.45, 2.75) is 18.6 Å². The first-order valence-corrected chi connectivity index (χ1v) is 6.68. The van der Waals surface area contributed by atoms with Gasteiger partial charge in [0.25, 0.3) is 0 Å². The molecule has 2 heterocycles. The van der Waals surface area contributed by atoms with E-state index in [1.165, 1.54) is 0 Å². The summed E-state index contributed by atoms with van der Waals surface area (Å²) in [5.41, 5.74) is 0. The van der Waals surface area contributed by atoms with E-state index in [-0.39, 0.29) is 12.1 Å². The Balaban J connectivity index is 2.27. The molecule has 0 radical (unpaired) electrons. The van der Waals surface area contributed by atoms with Crippen LogP contribution >= 0.6 is 11.6 Å².